The lowest BCUT2D eigenvalue weighted by Gasteiger charge is -2.13. The summed E-state index contributed by atoms with van der Waals surface area (Å²) >= 11 is 2.70. The molecule has 0 unspecified atom stereocenters. The van der Waals surface area contributed by atoms with E-state index in [2.05, 4.69) is 40.7 Å². The van der Waals surface area contributed by atoms with E-state index in [4.69, 9.17) is 0 Å². The van der Waals surface area contributed by atoms with E-state index in [9.17, 15) is 14.4 Å². The van der Waals surface area contributed by atoms with E-state index in [1.54, 1.807) is 12.1 Å². The van der Waals surface area contributed by atoms with Gasteiger partial charge < -0.3 is 15.2 Å². The Kier molecular flexibility index (Phi) is 7.88. The molecule has 0 radical (unpaired) electrons. The smallest absolute Gasteiger partial charge is 0.235 e. The van der Waals surface area contributed by atoms with Crippen LogP contribution in [-0.2, 0) is 11.3 Å². The third-order valence-electron chi connectivity index (χ3n) is 4.85. The quantitative estimate of drug-likeness (QED) is 0.434. The van der Waals surface area contributed by atoms with Gasteiger partial charge in [-0.3, -0.25) is 4.79 Å². The van der Waals surface area contributed by atoms with Crippen molar-refractivity contribution >= 4 is 40.0 Å². The molecule has 2 heterocycles. The van der Waals surface area contributed by atoms with Crippen LogP contribution in [0.2, 0.25) is 0 Å². The van der Waals surface area contributed by atoms with E-state index in [1.165, 1.54) is 35.2 Å². The highest BCUT2D eigenvalue weighted by molar-refractivity contribution is 8.01. The topological polar surface area (TPSA) is 95.6 Å². The molecule has 0 spiro atoms. The molecule has 0 aliphatic heterocycles. The van der Waals surface area contributed by atoms with Crippen molar-refractivity contribution in [3.8, 4) is 6.07 Å². The lowest BCUT2D eigenvalue weighted by Crippen LogP contribution is -2.18. The zero-order valence-electron chi connectivity index (χ0n) is 18.4. The monoisotopic (exact) mass is 472 g/mol. The number of aromatic nitrogens is 3. The van der Waals surface area contributed by atoms with Gasteiger partial charge in [0.05, 0.1) is 11.3 Å². The van der Waals surface area contributed by atoms with Gasteiger partial charge in [0.25, 0.3) is 0 Å². The SMILES string of the molecule is Cc1c(C#N)c(NC(=O)CSc2nnc(NCC(C)C)s2)n(Cc2ccc(F)cc2)c1C. The second kappa shape index (κ2) is 10.6. The highest BCUT2D eigenvalue weighted by atomic mass is 32.2. The molecule has 2 aromatic heterocycles. The number of halogens is 1. The van der Waals surface area contributed by atoms with Gasteiger partial charge in [-0.2, -0.15) is 5.26 Å². The molecule has 1 amide bonds. The molecule has 32 heavy (non-hydrogen) atoms. The van der Waals surface area contributed by atoms with Crippen molar-refractivity contribution in [3.63, 3.8) is 0 Å². The Bertz CT molecular complexity index is 1130. The number of nitrogens with one attached hydrogen (secondary N) is 2. The minimum Gasteiger partial charge on any atom is -0.360 e. The van der Waals surface area contributed by atoms with Crippen molar-refractivity contribution in [1.82, 2.24) is 14.8 Å². The van der Waals surface area contributed by atoms with E-state index in [0.29, 0.717) is 28.2 Å². The summed E-state index contributed by atoms with van der Waals surface area (Å²) in [5.41, 5.74) is 2.98. The molecule has 0 saturated heterocycles. The van der Waals surface area contributed by atoms with Crippen LogP contribution in [0, 0.1) is 36.9 Å². The van der Waals surface area contributed by atoms with Crippen molar-refractivity contribution in [2.75, 3.05) is 22.9 Å². The third-order valence-corrected chi connectivity index (χ3v) is 6.86. The van der Waals surface area contributed by atoms with Crippen LogP contribution in [0.15, 0.2) is 28.6 Å². The van der Waals surface area contributed by atoms with Gasteiger partial charge in [-0.05, 0) is 43.0 Å². The van der Waals surface area contributed by atoms with E-state index in [1.807, 2.05) is 18.4 Å². The molecule has 2 N–H and O–H groups in total. The van der Waals surface area contributed by atoms with Crippen LogP contribution in [0.3, 0.4) is 0 Å². The normalized spacial score (nSPS) is 10.9. The van der Waals surface area contributed by atoms with Crippen LogP contribution in [0.5, 0.6) is 0 Å². The maximum atomic E-state index is 13.3. The van der Waals surface area contributed by atoms with Gasteiger partial charge in [0, 0.05) is 18.8 Å². The number of thioether (sulfide) groups is 1. The molecule has 0 aliphatic rings. The molecule has 0 aliphatic carbocycles. The Hall–Kier alpha value is -2.90. The molecular formula is C22H25FN6OS2. The summed E-state index contributed by atoms with van der Waals surface area (Å²) in [5, 5.41) is 24.7. The van der Waals surface area contributed by atoms with Crippen molar-refractivity contribution in [2.24, 2.45) is 5.92 Å². The van der Waals surface area contributed by atoms with Crippen LogP contribution in [-0.4, -0.2) is 33.0 Å². The van der Waals surface area contributed by atoms with Crippen molar-refractivity contribution in [2.45, 2.75) is 38.6 Å². The van der Waals surface area contributed by atoms with Crippen molar-refractivity contribution < 1.29 is 9.18 Å². The van der Waals surface area contributed by atoms with Gasteiger partial charge >= 0.3 is 0 Å². The number of carbonyl (C=O) groups is 1. The summed E-state index contributed by atoms with van der Waals surface area (Å²) in [7, 11) is 0. The summed E-state index contributed by atoms with van der Waals surface area (Å²) in [6.07, 6.45) is 0. The van der Waals surface area contributed by atoms with E-state index in [0.717, 1.165) is 28.5 Å². The van der Waals surface area contributed by atoms with Crippen LogP contribution in [0.4, 0.5) is 15.3 Å². The fourth-order valence-corrected chi connectivity index (χ4v) is 4.59. The first-order valence-electron chi connectivity index (χ1n) is 10.1. The number of amides is 1. The van der Waals surface area contributed by atoms with Gasteiger partial charge in [0.15, 0.2) is 4.34 Å². The predicted molar refractivity (Wildman–Crippen MR) is 127 cm³/mol. The molecular weight excluding hydrogens is 447 g/mol. The zero-order chi connectivity index (χ0) is 23.3. The van der Waals surface area contributed by atoms with Gasteiger partial charge in [-0.15, -0.1) is 10.2 Å². The number of rotatable bonds is 9. The molecule has 168 valence electrons. The Morgan fingerprint density at radius 1 is 1.28 bits per heavy atom. The largest absolute Gasteiger partial charge is 0.360 e. The summed E-state index contributed by atoms with van der Waals surface area (Å²) in [5.74, 6) is 0.541. The van der Waals surface area contributed by atoms with Crippen LogP contribution < -0.4 is 10.6 Å². The van der Waals surface area contributed by atoms with Gasteiger partial charge in [-0.1, -0.05) is 49.1 Å². The maximum Gasteiger partial charge on any atom is 0.235 e. The van der Waals surface area contributed by atoms with Crippen molar-refractivity contribution in [3.05, 3.63) is 52.5 Å². The summed E-state index contributed by atoms with van der Waals surface area (Å²) in [6, 6.07) is 8.37. The Morgan fingerprint density at radius 3 is 2.66 bits per heavy atom. The number of nitrogens with zero attached hydrogens (tertiary/aromatic N) is 4. The third kappa shape index (κ3) is 5.87. The first-order chi connectivity index (χ1) is 15.3. The molecule has 1 aromatic carbocycles. The van der Waals surface area contributed by atoms with E-state index in [-0.39, 0.29) is 17.5 Å². The molecule has 0 fully saturated rings. The predicted octanol–water partition coefficient (Wildman–Crippen LogP) is 4.81. The van der Waals surface area contributed by atoms with Crippen LogP contribution in [0.25, 0.3) is 0 Å². The number of hydrogen-bond acceptors (Lipinski definition) is 7. The lowest BCUT2D eigenvalue weighted by atomic mass is 10.2. The zero-order valence-corrected chi connectivity index (χ0v) is 20.0. The number of carbonyl (C=O) groups excluding carboxylic acids is 1. The number of anilines is 2. The highest BCUT2D eigenvalue weighted by Gasteiger charge is 2.20. The molecule has 3 aromatic rings. The highest BCUT2D eigenvalue weighted by Crippen LogP contribution is 2.29. The Morgan fingerprint density at radius 2 is 2.00 bits per heavy atom. The average Bonchev–Trinajstić information content (AvgIpc) is 3.30. The summed E-state index contributed by atoms with van der Waals surface area (Å²) in [4.78, 5) is 12.7. The molecule has 0 bridgehead atoms. The van der Waals surface area contributed by atoms with Gasteiger partial charge in [0.1, 0.15) is 17.7 Å². The first-order valence-corrected chi connectivity index (χ1v) is 11.9. The fraction of sp³-hybridized carbons (Fsp3) is 0.364. The second-order valence-electron chi connectivity index (χ2n) is 7.74. The molecule has 3 rings (SSSR count). The fourth-order valence-electron chi connectivity index (χ4n) is 3.03. The number of benzene rings is 1. The standard InChI is InChI=1S/C22H25FN6OS2/c1-13(2)10-25-21-27-28-22(32-21)31-12-19(30)26-20-18(9-24)14(3)15(4)29(20)11-16-5-7-17(23)8-6-16/h5-8,13H,10-12H2,1-4H3,(H,25,27)(H,26,30). The van der Waals surface area contributed by atoms with Crippen molar-refractivity contribution in [1.29, 1.82) is 5.26 Å². The lowest BCUT2D eigenvalue weighted by molar-refractivity contribution is -0.113. The number of nitriles is 1. The molecule has 7 nitrogen and oxygen atoms in total. The maximum absolute atomic E-state index is 13.3. The van der Waals surface area contributed by atoms with E-state index < -0.39 is 0 Å². The molecule has 0 atom stereocenters. The average molecular weight is 473 g/mol. The summed E-state index contributed by atoms with van der Waals surface area (Å²) in [6.45, 7) is 9.19. The molecule has 10 heteroatoms. The minimum atomic E-state index is -0.309. The Labute approximate surface area is 195 Å². The van der Waals surface area contributed by atoms with E-state index >= 15 is 0 Å². The minimum absolute atomic E-state index is 0.142. The van der Waals surface area contributed by atoms with Gasteiger partial charge in [-0.25, -0.2) is 4.39 Å². The van der Waals surface area contributed by atoms with Gasteiger partial charge in [0.2, 0.25) is 11.0 Å². The first kappa shape index (κ1) is 23.8. The van der Waals surface area contributed by atoms with Crippen LogP contribution >= 0.6 is 23.1 Å². The number of hydrogen-bond donors (Lipinski definition) is 2. The Balaban J connectivity index is 1.70. The summed E-state index contributed by atoms with van der Waals surface area (Å²) < 4.78 is 15.8. The second-order valence-corrected chi connectivity index (χ2v) is 9.94. The molecule has 0 saturated carbocycles. The van der Waals surface area contributed by atoms with Crippen LogP contribution in [0.1, 0.15) is 36.2 Å².